The number of aromatic nitrogens is 2. The second-order valence-corrected chi connectivity index (χ2v) is 5.25. The van der Waals surface area contributed by atoms with E-state index in [1.165, 1.54) is 0 Å². The van der Waals surface area contributed by atoms with Gasteiger partial charge < -0.3 is 10.2 Å². The van der Waals surface area contributed by atoms with Crippen LogP contribution in [0, 0.1) is 5.92 Å². The summed E-state index contributed by atoms with van der Waals surface area (Å²) < 4.78 is 37.2. The third-order valence-corrected chi connectivity index (χ3v) is 3.95. The number of likely N-dealkylation sites (tertiary alicyclic amines) is 1. The van der Waals surface area contributed by atoms with Crippen molar-refractivity contribution in [1.82, 2.24) is 14.9 Å². The number of nitrogens with one attached hydrogen (secondary N) is 1. The minimum Gasteiger partial charge on any atom is -0.349 e. The van der Waals surface area contributed by atoms with Gasteiger partial charge in [0.1, 0.15) is 0 Å². The molecule has 20 heavy (non-hydrogen) atoms. The highest BCUT2D eigenvalue weighted by Gasteiger charge is 2.44. The summed E-state index contributed by atoms with van der Waals surface area (Å²) in [5, 5.41) is 3.03. The van der Waals surface area contributed by atoms with Crippen molar-refractivity contribution in [3.8, 4) is 0 Å². The lowest BCUT2D eigenvalue weighted by atomic mass is 10.1. The molecule has 8 heteroatoms. The van der Waals surface area contributed by atoms with Crippen LogP contribution in [-0.2, 0) is 11.0 Å². The molecule has 0 radical (unpaired) electrons. The van der Waals surface area contributed by atoms with E-state index >= 15 is 0 Å². The zero-order valence-electron chi connectivity index (χ0n) is 10.5. The van der Waals surface area contributed by atoms with Crippen LogP contribution >= 0.6 is 0 Å². The first-order valence-electron chi connectivity index (χ1n) is 6.34. The Morgan fingerprint density at radius 2 is 2.00 bits per heavy atom. The summed E-state index contributed by atoms with van der Waals surface area (Å²) >= 11 is 0. The molecule has 1 aromatic heterocycles. The molecule has 1 N–H and O–H groups in total. The van der Waals surface area contributed by atoms with E-state index in [0.717, 1.165) is 38.2 Å². The van der Waals surface area contributed by atoms with Crippen molar-refractivity contribution in [2.24, 2.45) is 5.92 Å². The highest BCUT2D eigenvalue weighted by Crippen LogP contribution is 2.38. The van der Waals surface area contributed by atoms with E-state index in [1.54, 1.807) is 4.90 Å². The summed E-state index contributed by atoms with van der Waals surface area (Å²) in [5.74, 6) is 0.624. The molecule has 1 aliphatic heterocycles. The van der Waals surface area contributed by atoms with Gasteiger partial charge in [0.2, 0.25) is 12.4 Å². The molecule has 0 aromatic carbocycles. The van der Waals surface area contributed by atoms with Gasteiger partial charge in [0.25, 0.3) is 0 Å². The first kappa shape index (κ1) is 13.1. The van der Waals surface area contributed by atoms with Crippen LogP contribution in [0.3, 0.4) is 0 Å². The number of carbonyl (C=O) groups is 1. The molecule has 1 amide bonds. The van der Waals surface area contributed by atoms with Crippen LogP contribution in [0.1, 0.15) is 18.4 Å². The number of rotatable bonds is 3. The molecule has 3 atom stereocenters. The molecule has 2 aliphatic rings. The van der Waals surface area contributed by atoms with Gasteiger partial charge in [-0.25, -0.2) is 9.97 Å². The Morgan fingerprint density at radius 1 is 1.30 bits per heavy atom. The molecular formula is C12H13F3N4O. The number of amides is 1. The van der Waals surface area contributed by atoms with Crippen LogP contribution < -0.4 is 5.32 Å². The molecule has 1 saturated carbocycles. The molecule has 3 rings (SSSR count). The van der Waals surface area contributed by atoms with Crippen molar-refractivity contribution in [2.75, 3.05) is 11.9 Å². The van der Waals surface area contributed by atoms with Crippen molar-refractivity contribution in [3.63, 3.8) is 0 Å². The minimum absolute atomic E-state index is 0.00990. The lowest BCUT2D eigenvalue weighted by molar-refractivity contribution is -0.138. The van der Waals surface area contributed by atoms with Gasteiger partial charge >= 0.3 is 6.18 Å². The fraction of sp³-hybridized carbons (Fsp3) is 0.583. The summed E-state index contributed by atoms with van der Waals surface area (Å²) in [6.07, 6.45) is -0.262. The van der Waals surface area contributed by atoms with Gasteiger partial charge in [0.15, 0.2) is 0 Å². The number of halogens is 3. The molecule has 1 aliphatic carbocycles. The molecule has 5 nitrogen and oxygen atoms in total. The van der Waals surface area contributed by atoms with Gasteiger partial charge in [-0.15, -0.1) is 0 Å². The number of carbonyl (C=O) groups excluding carboxylic acids is 1. The number of fused-ring (bicyclic) bond motifs is 2. The van der Waals surface area contributed by atoms with Crippen molar-refractivity contribution < 1.29 is 18.0 Å². The monoisotopic (exact) mass is 286 g/mol. The van der Waals surface area contributed by atoms with E-state index in [1.807, 2.05) is 0 Å². The molecule has 2 heterocycles. The number of hydrogen-bond donors (Lipinski definition) is 1. The lowest BCUT2D eigenvalue weighted by Crippen LogP contribution is -2.44. The Hall–Kier alpha value is -1.86. The minimum atomic E-state index is -4.43. The van der Waals surface area contributed by atoms with Gasteiger partial charge in [0, 0.05) is 25.0 Å². The summed E-state index contributed by atoms with van der Waals surface area (Å²) in [6.45, 7) is 0.764. The van der Waals surface area contributed by atoms with Crippen molar-refractivity contribution in [3.05, 3.63) is 18.0 Å². The van der Waals surface area contributed by atoms with Crippen LogP contribution in [0.25, 0.3) is 0 Å². The molecular weight excluding hydrogens is 273 g/mol. The number of piperidine rings is 1. The largest absolute Gasteiger partial charge is 0.419 e. The average molecular weight is 286 g/mol. The first-order chi connectivity index (χ1) is 9.47. The third-order valence-electron chi connectivity index (χ3n) is 3.95. The smallest absolute Gasteiger partial charge is 0.349 e. The molecule has 0 spiro atoms. The summed E-state index contributed by atoms with van der Waals surface area (Å²) in [4.78, 5) is 20.0. The fourth-order valence-electron chi connectivity index (χ4n) is 3.06. The Bertz CT molecular complexity index is 504. The summed E-state index contributed by atoms with van der Waals surface area (Å²) in [5.41, 5.74) is -0.870. The van der Waals surface area contributed by atoms with Crippen molar-refractivity contribution in [2.45, 2.75) is 31.1 Å². The van der Waals surface area contributed by atoms with Gasteiger partial charge in [-0.3, -0.25) is 4.79 Å². The summed E-state index contributed by atoms with van der Waals surface area (Å²) in [6, 6.07) is 0.0964. The zero-order valence-corrected chi connectivity index (χ0v) is 10.5. The van der Waals surface area contributed by atoms with Gasteiger partial charge in [0.05, 0.1) is 11.6 Å². The highest BCUT2D eigenvalue weighted by molar-refractivity contribution is 5.50. The Balaban J connectivity index is 1.68. The number of alkyl halides is 3. The lowest BCUT2D eigenvalue weighted by Gasteiger charge is -2.30. The Kier molecular flexibility index (Phi) is 3.02. The molecule has 108 valence electrons. The molecule has 1 saturated heterocycles. The van der Waals surface area contributed by atoms with Crippen LogP contribution in [0.5, 0.6) is 0 Å². The van der Waals surface area contributed by atoms with Crippen molar-refractivity contribution >= 4 is 12.4 Å². The average Bonchev–Trinajstić information content (AvgIpc) is 2.97. The van der Waals surface area contributed by atoms with E-state index in [4.69, 9.17) is 0 Å². The highest BCUT2D eigenvalue weighted by atomic mass is 19.4. The van der Waals surface area contributed by atoms with E-state index in [-0.39, 0.29) is 18.0 Å². The second kappa shape index (κ2) is 4.60. The second-order valence-electron chi connectivity index (χ2n) is 5.25. The molecule has 2 bridgehead atoms. The SMILES string of the molecule is O=CN1C[C@H]2C[C@@H](Nc3ncc(C(F)(F)F)cn3)[C@@H]1C2. The maximum Gasteiger partial charge on any atom is 0.419 e. The molecule has 2 fully saturated rings. The maximum absolute atomic E-state index is 12.4. The molecule has 1 aromatic rings. The van der Waals surface area contributed by atoms with Gasteiger partial charge in [-0.1, -0.05) is 0 Å². The normalized spacial score (nSPS) is 28.8. The third kappa shape index (κ3) is 2.30. The zero-order chi connectivity index (χ0) is 14.3. The number of hydrogen-bond acceptors (Lipinski definition) is 4. The van der Waals surface area contributed by atoms with Crippen LogP contribution in [0.2, 0.25) is 0 Å². The van der Waals surface area contributed by atoms with Crippen LogP contribution in [-0.4, -0.2) is 39.9 Å². The van der Waals surface area contributed by atoms with E-state index in [2.05, 4.69) is 15.3 Å². The first-order valence-corrected chi connectivity index (χ1v) is 6.34. The van der Waals surface area contributed by atoms with Gasteiger partial charge in [-0.05, 0) is 18.8 Å². The predicted octanol–water partition coefficient (Wildman–Crippen LogP) is 1.53. The Morgan fingerprint density at radius 3 is 2.55 bits per heavy atom. The van der Waals surface area contributed by atoms with E-state index < -0.39 is 11.7 Å². The van der Waals surface area contributed by atoms with E-state index in [0.29, 0.717) is 5.92 Å². The molecule has 0 unspecified atom stereocenters. The summed E-state index contributed by atoms with van der Waals surface area (Å²) in [7, 11) is 0. The number of anilines is 1. The Labute approximate surface area is 113 Å². The number of nitrogens with zero attached hydrogens (tertiary/aromatic N) is 3. The van der Waals surface area contributed by atoms with Gasteiger partial charge in [-0.2, -0.15) is 13.2 Å². The topological polar surface area (TPSA) is 58.1 Å². The fourth-order valence-corrected chi connectivity index (χ4v) is 3.06. The predicted molar refractivity (Wildman–Crippen MR) is 63.7 cm³/mol. The van der Waals surface area contributed by atoms with Crippen LogP contribution in [0.15, 0.2) is 12.4 Å². The standard InChI is InChI=1S/C12H13F3N4O/c13-12(14,15)8-3-16-11(17-4-8)18-9-1-7-2-10(9)19(5-7)6-20/h3-4,6-7,9-10H,1-2,5H2,(H,16,17,18)/t7-,9+,10-/m0/s1. The maximum atomic E-state index is 12.4. The quantitative estimate of drug-likeness (QED) is 0.856. The van der Waals surface area contributed by atoms with E-state index in [9.17, 15) is 18.0 Å². The van der Waals surface area contributed by atoms with Crippen molar-refractivity contribution in [1.29, 1.82) is 0 Å². The van der Waals surface area contributed by atoms with Crippen LogP contribution in [0.4, 0.5) is 19.1 Å².